The van der Waals surface area contributed by atoms with Crippen molar-refractivity contribution in [1.29, 1.82) is 0 Å². The quantitative estimate of drug-likeness (QED) is 0.0805. The molecule has 0 radical (unpaired) electrons. The fraction of sp³-hybridized carbons (Fsp3) is 0.389. The number of aliphatic hydroxyl groups is 1. The van der Waals surface area contributed by atoms with Gasteiger partial charge in [-0.2, -0.15) is 15.0 Å². The van der Waals surface area contributed by atoms with Gasteiger partial charge in [0.2, 0.25) is 17.8 Å². The lowest BCUT2D eigenvalue weighted by atomic mass is 9.88. The highest BCUT2D eigenvalue weighted by Crippen LogP contribution is 2.27. The lowest BCUT2D eigenvalue weighted by Crippen LogP contribution is -2.30. The number of nitrogens with one attached hydrogen (secondary N) is 4. The Balaban J connectivity index is 1.24. The summed E-state index contributed by atoms with van der Waals surface area (Å²) < 4.78 is 11.3. The van der Waals surface area contributed by atoms with Crippen molar-refractivity contribution in [1.82, 2.24) is 20.3 Å². The molecule has 0 aliphatic heterocycles. The fourth-order valence-electron chi connectivity index (χ4n) is 4.90. The van der Waals surface area contributed by atoms with E-state index in [0.29, 0.717) is 69.5 Å². The highest BCUT2D eigenvalue weighted by atomic mass is 16.5. The minimum absolute atomic E-state index is 0.0417. The fourth-order valence-corrected chi connectivity index (χ4v) is 4.90. The van der Waals surface area contributed by atoms with Crippen LogP contribution in [0.1, 0.15) is 47.7 Å². The molecular weight excluding hydrogens is 594 g/mol. The number of carbonyl (C=O) groups is 1. The topological polar surface area (TPSA) is 143 Å². The molecule has 0 spiro atoms. The zero-order valence-electron chi connectivity index (χ0n) is 27.3. The number of aromatic nitrogens is 3. The van der Waals surface area contributed by atoms with Crippen molar-refractivity contribution in [2.45, 2.75) is 32.2 Å². The van der Waals surface area contributed by atoms with Gasteiger partial charge >= 0.3 is 0 Å². The third-order valence-electron chi connectivity index (χ3n) is 7.54. The van der Waals surface area contributed by atoms with Crippen LogP contribution in [0.4, 0.5) is 17.8 Å². The van der Waals surface area contributed by atoms with Crippen molar-refractivity contribution < 1.29 is 19.4 Å². The molecular formula is C36H47N7O4. The Hall–Kier alpha value is -4.58. The van der Waals surface area contributed by atoms with E-state index in [1.165, 1.54) is 11.1 Å². The number of aliphatic hydroxyl groups excluding tert-OH is 1. The number of rotatable bonds is 21. The molecule has 1 aromatic heterocycles. The van der Waals surface area contributed by atoms with Crippen molar-refractivity contribution >= 4 is 23.8 Å². The highest BCUT2D eigenvalue weighted by molar-refractivity contribution is 5.94. The first-order chi connectivity index (χ1) is 23.0. The van der Waals surface area contributed by atoms with Crippen LogP contribution in [0.15, 0.2) is 91.0 Å². The molecule has 0 fully saturated rings. The monoisotopic (exact) mass is 641 g/mol. The Kier molecular flexibility index (Phi) is 14.9. The van der Waals surface area contributed by atoms with Crippen LogP contribution in [-0.2, 0) is 9.47 Å². The molecule has 0 aliphatic rings. The summed E-state index contributed by atoms with van der Waals surface area (Å²) in [7, 11) is 0. The largest absolute Gasteiger partial charge is 0.394 e. The molecule has 250 valence electrons. The van der Waals surface area contributed by atoms with E-state index in [9.17, 15) is 9.90 Å². The number of hydrogen-bond donors (Lipinski definition) is 5. The maximum atomic E-state index is 12.1. The number of hydrogen-bond acceptors (Lipinski definition) is 10. The van der Waals surface area contributed by atoms with Gasteiger partial charge in [0.25, 0.3) is 5.91 Å². The molecule has 0 saturated heterocycles. The predicted molar refractivity (Wildman–Crippen MR) is 186 cm³/mol. The molecule has 4 aromatic rings. The number of anilines is 3. The van der Waals surface area contributed by atoms with E-state index < -0.39 is 0 Å². The van der Waals surface area contributed by atoms with Gasteiger partial charge in [0.1, 0.15) is 0 Å². The first-order valence-corrected chi connectivity index (χ1v) is 16.2. The average Bonchev–Trinajstić information content (AvgIpc) is 3.10. The molecule has 1 heterocycles. The molecule has 11 nitrogen and oxygen atoms in total. The van der Waals surface area contributed by atoms with Gasteiger partial charge in [-0.15, -0.1) is 0 Å². The number of nitrogens with zero attached hydrogens (tertiary/aromatic N) is 3. The van der Waals surface area contributed by atoms with Crippen molar-refractivity contribution in [2.24, 2.45) is 5.92 Å². The third-order valence-corrected chi connectivity index (χ3v) is 7.54. The van der Waals surface area contributed by atoms with Crippen molar-refractivity contribution in [3.63, 3.8) is 0 Å². The molecule has 4 rings (SSSR count). The van der Waals surface area contributed by atoms with Crippen LogP contribution in [0.5, 0.6) is 0 Å². The Morgan fingerprint density at radius 3 is 1.74 bits per heavy atom. The van der Waals surface area contributed by atoms with Gasteiger partial charge in [-0.1, -0.05) is 92.7 Å². The Morgan fingerprint density at radius 2 is 1.19 bits per heavy atom. The first kappa shape index (κ1) is 35.3. The van der Waals surface area contributed by atoms with Gasteiger partial charge in [-0.25, -0.2) is 0 Å². The Labute approximate surface area is 277 Å². The van der Waals surface area contributed by atoms with Gasteiger partial charge in [0.15, 0.2) is 0 Å². The highest BCUT2D eigenvalue weighted by Gasteiger charge is 2.17. The maximum Gasteiger partial charge on any atom is 0.251 e. The van der Waals surface area contributed by atoms with E-state index >= 15 is 0 Å². The van der Waals surface area contributed by atoms with E-state index in [1.807, 2.05) is 44.2 Å². The zero-order chi connectivity index (χ0) is 33.1. The van der Waals surface area contributed by atoms with Gasteiger partial charge in [-0.05, 0) is 35.6 Å². The van der Waals surface area contributed by atoms with E-state index in [0.717, 1.165) is 6.42 Å². The SMILES string of the molecule is CC(C)[C@H](CO)Nc1nc(NCCOCCOCCNC(=O)c2ccccc2)nc(NCCC(c2ccccc2)c2ccccc2)n1. The second-order valence-corrected chi connectivity index (χ2v) is 11.3. The lowest BCUT2D eigenvalue weighted by molar-refractivity contribution is 0.0519. The summed E-state index contributed by atoms with van der Waals surface area (Å²) in [6.07, 6.45) is 0.839. The van der Waals surface area contributed by atoms with Gasteiger partial charge in [0.05, 0.1) is 39.1 Å². The van der Waals surface area contributed by atoms with Crippen LogP contribution < -0.4 is 21.3 Å². The van der Waals surface area contributed by atoms with Crippen LogP contribution in [0.2, 0.25) is 0 Å². The molecule has 0 saturated carbocycles. The van der Waals surface area contributed by atoms with Gasteiger partial charge in [-0.3, -0.25) is 4.79 Å². The summed E-state index contributed by atoms with van der Waals surface area (Å²) in [5.41, 5.74) is 3.13. The van der Waals surface area contributed by atoms with Crippen LogP contribution >= 0.6 is 0 Å². The van der Waals surface area contributed by atoms with Gasteiger partial charge in [0, 0.05) is 31.1 Å². The smallest absolute Gasteiger partial charge is 0.251 e. The molecule has 0 unspecified atom stereocenters. The first-order valence-electron chi connectivity index (χ1n) is 16.2. The third kappa shape index (κ3) is 12.3. The summed E-state index contributed by atoms with van der Waals surface area (Å²) >= 11 is 0. The zero-order valence-corrected chi connectivity index (χ0v) is 27.3. The molecule has 11 heteroatoms. The summed E-state index contributed by atoms with van der Waals surface area (Å²) in [6.45, 7) is 7.23. The minimum Gasteiger partial charge on any atom is -0.394 e. The van der Waals surface area contributed by atoms with E-state index in [1.54, 1.807) is 12.1 Å². The van der Waals surface area contributed by atoms with E-state index in [4.69, 9.17) is 9.47 Å². The van der Waals surface area contributed by atoms with Crippen LogP contribution in [0.3, 0.4) is 0 Å². The summed E-state index contributed by atoms with van der Waals surface area (Å²) in [5.74, 6) is 1.51. The molecule has 1 atom stereocenters. The van der Waals surface area contributed by atoms with Crippen molar-refractivity contribution in [3.05, 3.63) is 108 Å². The Morgan fingerprint density at radius 1 is 0.681 bits per heavy atom. The van der Waals surface area contributed by atoms with Crippen LogP contribution in [-0.4, -0.2) is 84.7 Å². The molecule has 0 bridgehead atoms. The number of ether oxygens (including phenoxy) is 2. The van der Waals surface area contributed by atoms with Crippen LogP contribution in [0.25, 0.3) is 0 Å². The van der Waals surface area contributed by atoms with E-state index in [-0.39, 0.29) is 30.4 Å². The second-order valence-electron chi connectivity index (χ2n) is 11.3. The molecule has 47 heavy (non-hydrogen) atoms. The van der Waals surface area contributed by atoms with Crippen LogP contribution in [0, 0.1) is 5.92 Å². The average molecular weight is 642 g/mol. The predicted octanol–water partition coefficient (Wildman–Crippen LogP) is 4.81. The Bertz CT molecular complexity index is 1410. The number of carbonyl (C=O) groups excluding carboxylic acids is 1. The number of benzene rings is 3. The minimum atomic E-state index is -0.200. The second kappa shape index (κ2) is 19.8. The summed E-state index contributed by atoms with van der Waals surface area (Å²) in [4.78, 5) is 25.8. The lowest BCUT2D eigenvalue weighted by Gasteiger charge is -2.21. The van der Waals surface area contributed by atoms with Gasteiger partial charge < -0.3 is 35.8 Å². The molecule has 3 aromatic carbocycles. The number of amides is 1. The molecule has 5 N–H and O–H groups in total. The van der Waals surface area contributed by atoms with Crippen molar-refractivity contribution in [2.75, 3.05) is 68.6 Å². The summed E-state index contributed by atoms with van der Waals surface area (Å²) in [5, 5.41) is 22.6. The molecule has 0 aliphatic carbocycles. The standard InChI is InChI=1S/C36H47N7O4/c1-27(2)32(26-44)40-36-42-34(38-19-18-31(28-12-6-3-7-13-28)29-14-8-4-9-15-29)41-35(43-36)39-21-23-47-25-24-46-22-20-37-33(45)30-16-10-5-11-17-30/h3-17,27,31-32,44H,18-26H2,1-2H3,(H,37,45)(H3,38,39,40,41,42,43)/t32-/m0/s1. The maximum absolute atomic E-state index is 12.1. The molecule has 1 amide bonds. The van der Waals surface area contributed by atoms with E-state index in [2.05, 4.69) is 84.8 Å². The summed E-state index contributed by atoms with van der Waals surface area (Å²) in [6, 6.07) is 29.9. The van der Waals surface area contributed by atoms with Crippen molar-refractivity contribution in [3.8, 4) is 0 Å². The normalized spacial score (nSPS) is 11.8.